The molecule has 0 spiro atoms. The van der Waals surface area contributed by atoms with E-state index >= 15 is 0 Å². The van der Waals surface area contributed by atoms with E-state index in [0.717, 1.165) is 11.3 Å². The summed E-state index contributed by atoms with van der Waals surface area (Å²) in [6, 6.07) is 9.76. The number of fused-ring (bicyclic) bond motifs is 1. The first-order valence-electron chi connectivity index (χ1n) is 7.72. The highest BCUT2D eigenvalue weighted by Gasteiger charge is 2.24. The van der Waals surface area contributed by atoms with Gasteiger partial charge in [0.15, 0.2) is 0 Å². The van der Waals surface area contributed by atoms with Crippen molar-refractivity contribution in [3.8, 4) is 11.3 Å². The smallest absolute Gasteiger partial charge is 0.272 e. The topological polar surface area (TPSA) is 56.0 Å². The summed E-state index contributed by atoms with van der Waals surface area (Å²) < 4.78 is 16.5. The van der Waals surface area contributed by atoms with Crippen LogP contribution in [0.1, 0.15) is 16.2 Å². The first-order valence-corrected chi connectivity index (χ1v) is 7.72. The lowest BCUT2D eigenvalue weighted by Crippen LogP contribution is -2.39. The Hall–Kier alpha value is -2.96. The maximum Gasteiger partial charge on any atom is 0.272 e. The van der Waals surface area contributed by atoms with Crippen molar-refractivity contribution in [2.75, 3.05) is 6.54 Å². The van der Waals surface area contributed by atoms with E-state index in [9.17, 15) is 9.18 Å². The van der Waals surface area contributed by atoms with Crippen molar-refractivity contribution in [2.45, 2.75) is 13.1 Å². The van der Waals surface area contributed by atoms with Crippen LogP contribution < -0.4 is 0 Å². The van der Waals surface area contributed by atoms with Gasteiger partial charge >= 0.3 is 0 Å². The molecule has 1 aromatic carbocycles. The molecular weight excluding hydrogens is 309 g/mol. The van der Waals surface area contributed by atoms with Crippen LogP contribution in [-0.2, 0) is 20.1 Å². The quantitative estimate of drug-likeness (QED) is 0.725. The molecule has 0 aliphatic carbocycles. The van der Waals surface area contributed by atoms with E-state index < -0.39 is 0 Å². The number of amides is 1. The number of halogens is 1. The zero-order valence-electron chi connectivity index (χ0n) is 13.2. The summed E-state index contributed by atoms with van der Waals surface area (Å²) in [4.78, 5) is 14.6. The average Bonchev–Trinajstić information content (AvgIpc) is 3.20. The van der Waals surface area contributed by atoms with Gasteiger partial charge in [-0.25, -0.2) is 4.39 Å². The Balaban J connectivity index is 1.60. The van der Waals surface area contributed by atoms with E-state index in [-0.39, 0.29) is 11.7 Å². The molecule has 0 N–H and O–H groups in total. The standard InChI is InChI=1S/C17H16FN5O/c1-21-16(10-15(20-21)12-2-4-13(18)5-3-12)17(24)22-8-9-23-14(11-22)6-7-19-23/h2-7,10H,8-9,11H2,1H3. The van der Waals surface area contributed by atoms with Crippen molar-refractivity contribution >= 4 is 5.91 Å². The van der Waals surface area contributed by atoms with Crippen molar-refractivity contribution in [2.24, 2.45) is 7.05 Å². The second-order valence-corrected chi connectivity index (χ2v) is 5.82. The second-order valence-electron chi connectivity index (χ2n) is 5.82. The Morgan fingerprint density at radius 1 is 1.17 bits per heavy atom. The van der Waals surface area contributed by atoms with Crippen molar-refractivity contribution in [3.05, 3.63) is 59.8 Å². The number of hydrogen-bond acceptors (Lipinski definition) is 3. The first kappa shape index (κ1) is 14.6. The van der Waals surface area contributed by atoms with Crippen LogP contribution in [0.3, 0.4) is 0 Å². The summed E-state index contributed by atoms with van der Waals surface area (Å²) in [6.45, 7) is 1.84. The van der Waals surface area contributed by atoms with Gasteiger partial charge in [0.05, 0.1) is 24.5 Å². The van der Waals surface area contributed by atoms with Gasteiger partial charge in [-0.3, -0.25) is 14.2 Å². The molecule has 2 aromatic heterocycles. The minimum absolute atomic E-state index is 0.0641. The number of carbonyl (C=O) groups excluding carboxylic acids is 1. The van der Waals surface area contributed by atoms with Gasteiger partial charge in [0.1, 0.15) is 11.5 Å². The van der Waals surface area contributed by atoms with E-state index in [1.54, 1.807) is 41.0 Å². The number of aryl methyl sites for hydroxylation is 1. The normalized spacial score (nSPS) is 13.8. The summed E-state index contributed by atoms with van der Waals surface area (Å²) in [7, 11) is 1.74. The second kappa shape index (κ2) is 5.59. The highest BCUT2D eigenvalue weighted by Crippen LogP contribution is 2.21. The Morgan fingerprint density at radius 3 is 2.75 bits per heavy atom. The molecule has 0 saturated heterocycles. The summed E-state index contributed by atoms with van der Waals surface area (Å²) in [5.41, 5.74) is 2.98. The van der Waals surface area contributed by atoms with Crippen LogP contribution in [0.15, 0.2) is 42.6 Å². The molecule has 0 radical (unpaired) electrons. The van der Waals surface area contributed by atoms with Crippen LogP contribution in [0.2, 0.25) is 0 Å². The number of aromatic nitrogens is 4. The molecule has 3 aromatic rings. The predicted molar refractivity (Wildman–Crippen MR) is 85.6 cm³/mol. The molecule has 0 atom stereocenters. The fourth-order valence-corrected chi connectivity index (χ4v) is 2.95. The number of benzene rings is 1. The van der Waals surface area contributed by atoms with Crippen LogP contribution in [0.4, 0.5) is 4.39 Å². The van der Waals surface area contributed by atoms with Gasteiger partial charge in [-0.1, -0.05) is 0 Å². The molecule has 7 heteroatoms. The van der Waals surface area contributed by atoms with Gasteiger partial charge in [-0.15, -0.1) is 0 Å². The van der Waals surface area contributed by atoms with Crippen molar-refractivity contribution in [3.63, 3.8) is 0 Å². The van der Waals surface area contributed by atoms with E-state index in [0.29, 0.717) is 31.0 Å². The summed E-state index contributed by atoms with van der Waals surface area (Å²) >= 11 is 0. The Labute approximate surface area is 138 Å². The third-order valence-corrected chi connectivity index (χ3v) is 4.27. The fraction of sp³-hybridized carbons (Fsp3) is 0.235. The third kappa shape index (κ3) is 2.47. The fourth-order valence-electron chi connectivity index (χ4n) is 2.95. The lowest BCUT2D eigenvalue weighted by molar-refractivity contribution is 0.0695. The molecule has 1 aliphatic rings. The van der Waals surface area contributed by atoms with Crippen molar-refractivity contribution in [1.29, 1.82) is 0 Å². The molecule has 4 rings (SSSR count). The highest BCUT2D eigenvalue weighted by molar-refractivity contribution is 5.93. The minimum Gasteiger partial charge on any atom is -0.330 e. The number of nitrogens with zero attached hydrogens (tertiary/aromatic N) is 5. The van der Waals surface area contributed by atoms with Crippen LogP contribution in [0.5, 0.6) is 0 Å². The van der Waals surface area contributed by atoms with E-state index in [1.807, 2.05) is 10.7 Å². The van der Waals surface area contributed by atoms with Crippen LogP contribution in [-0.4, -0.2) is 36.9 Å². The van der Waals surface area contributed by atoms with Crippen LogP contribution in [0, 0.1) is 5.82 Å². The Morgan fingerprint density at radius 2 is 1.96 bits per heavy atom. The largest absolute Gasteiger partial charge is 0.330 e. The van der Waals surface area contributed by atoms with E-state index in [2.05, 4.69) is 10.2 Å². The van der Waals surface area contributed by atoms with Gasteiger partial charge in [-0.2, -0.15) is 10.2 Å². The number of rotatable bonds is 2. The van der Waals surface area contributed by atoms with Crippen LogP contribution >= 0.6 is 0 Å². The average molecular weight is 325 g/mol. The van der Waals surface area contributed by atoms with E-state index in [1.165, 1.54) is 12.1 Å². The molecule has 6 nitrogen and oxygen atoms in total. The molecule has 24 heavy (non-hydrogen) atoms. The first-order chi connectivity index (χ1) is 11.6. The van der Waals surface area contributed by atoms with Crippen molar-refractivity contribution < 1.29 is 9.18 Å². The van der Waals surface area contributed by atoms with Crippen LogP contribution in [0.25, 0.3) is 11.3 Å². The molecule has 3 heterocycles. The van der Waals surface area contributed by atoms with E-state index in [4.69, 9.17) is 0 Å². The molecule has 1 amide bonds. The lowest BCUT2D eigenvalue weighted by Gasteiger charge is -2.27. The maximum atomic E-state index is 13.1. The Kier molecular flexibility index (Phi) is 3.41. The summed E-state index contributed by atoms with van der Waals surface area (Å²) in [5.74, 6) is -0.360. The molecular formula is C17H16FN5O. The third-order valence-electron chi connectivity index (χ3n) is 4.27. The summed E-state index contributed by atoms with van der Waals surface area (Å²) in [5, 5.41) is 8.61. The molecule has 1 aliphatic heterocycles. The molecule has 0 fully saturated rings. The zero-order valence-corrected chi connectivity index (χ0v) is 13.2. The number of hydrogen-bond donors (Lipinski definition) is 0. The summed E-state index contributed by atoms with van der Waals surface area (Å²) in [6.07, 6.45) is 1.75. The maximum absolute atomic E-state index is 13.1. The van der Waals surface area contributed by atoms with Gasteiger partial charge < -0.3 is 4.90 Å². The SMILES string of the molecule is Cn1nc(-c2ccc(F)cc2)cc1C(=O)N1CCn2nccc2C1. The predicted octanol–water partition coefficient (Wildman–Crippen LogP) is 2.08. The van der Waals surface area contributed by atoms with Gasteiger partial charge in [0, 0.05) is 25.4 Å². The highest BCUT2D eigenvalue weighted by atomic mass is 19.1. The van der Waals surface area contributed by atoms with Crippen molar-refractivity contribution in [1.82, 2.24) is 24.5 Å². The number of carbonyl (C=O) groups is 1. The minimum atomic E-state index is -0.295. The van der Waals surface area contributed by atoms with Gasteiger partial charge in [0.25, 0.3) is 5.91 Å². The lowest BCUT2D eigenvalue weighted by atomic mass is 10.1. The Bertz CT molecular complexity index is 896. The van der Waals surface area contributed by atoms with Gasteiger partial charge in [-0.05, 0) is 36.4 Å². The monoisotopic (exact) mass is 325 g/mol. The molecule has 122 valence electrons. The molecule has 0 saturated carbocycles. The zero-order chi connectivity index (χ0) is 16.7. The molecule has 0 unspecified atom stereocenters. The van der Waals surface area contributed by atoms with Gasteiger partial charge in [0.2, 0.25) is 0 Å². The molecule has 0 bridgehead atoms.